The van der Waals surface area contributed by atoms with Crippen LogP contribution in [-0.2, 0) is 9.53 Å². The van der Waals surface area contributed by atoms with Crippen LogP contribution in [0.5, 0.6) is 11.5 Å². The summed E-state index contributed by atoms with van der Waals surface area (Å²) < 4.78 is 41.7. The Morgan fingerprint density at radius 3 is 2.72 bits per heavy atom. The fraction of sp³-hybridized carbons (Fsp3) is 0.176. The smallest absolute Gasteiger partial charge is 0.316 e. The van der Waals surface area contributed by atoms with Crippen molar-refractivity contribution >= 4 is 23.5 Å². The third-order valence-corrected chi connectivity index (χ3v) is 4.30. The highest BCUT2D eigenvalue weighted by Gasteiger charge is 2.17. The topological polar surface area (TPSA) is 61.8 Å². The van der Waals surface area contributed by atoms with Crippen molar-refractivity contribution in [2.75, 3.05) is 19.2 Å². The SMILES string of the molecule is O=C(CSc1cc(F)ccc1F)OCC(=O)c1ccc2c(c1)OCO2. The number of esters is 1. The Morgan fingerprint density at radius 1 is 1.08 bits per heavy atom. The number of carbonyl (C=O) groups excluding carboxylic acids is 2. The van der Waals surface area contributed by atoms with E-state index in [2.05, 4.69) is 0 Å². The molecule has 0 aliphatic carbocycles. The number of benzene rings is 2. The molecule has 0 bridgehead atoms. The monoisotopic (exact) mass is 366 g/mol. The molecule has 0 fully saturated rings. The Hall–Kier alpha value is -2.61. The fourth-order valence-corrected chi connectivity index (χ4v) is 2.82. The summed E-state index contributed by atoms with van der Waals surface area (Å²) in [6, 6.07) is 7.61. The van der Waals surface area contributed by atoms with Gasteiger partial charge in [-0.15, -0.1) is 11.8 Å². The van der Waals surface area contributed by atoms with Crippen molar-refractivity contribution < 1.29 is 32.6 Å². The summed E-state index contributed by atoms with van der Waals surface area (Å²) in [5.41, 5.74) is 0.320. The molecule has 0 spiro atoms. The molecule has 0 saturated carbocycles. The number of carbonyl (C=O) groups is 2. The first kappa shape index (κ1) is 17.2. The summed E-state index contributed by atoms with van der Waals surface area (Å²) >= 11 is 0.796. The highest BCUT2D eigenvalue weighted by atomic mass is 32.2. The van der Waals surface area contributed by atoms with Gasteiger partial charge in [0.1, 0.15) is 11.6 Å². The summed E-state index contributed by atoms with van der Waals surface area (Å²) in [6.07, 6.45) is 0. The zero-order chi connectivity index (χ0) is 17.8. The molecule has 0 amide bonds. The van der Waals surface area contributed by atoms with Gasteiger partial charge in [-0.2, -0.15) is 0 Å². The average molecular weight is 366 g/mol. The zero-order valence-corrected chi connectivity index (χ0v) is 13.6. The quantitative estimate of drug-likeness (QED) is 0.444. The molecule has 0 atom stereocenters. The first-order chi connectivity index (χ1) is 12.0. The normalized spacial score (nSPS) is 12.1. The summed E-state index contributed by atoms with van der Waals surface area (Å²) in [5.74, 6) is -1.59. The van der Waals surface area contributed by atoms with E-state index < -0.39 is 30.0 Å². The molecule has 0 unspecified atom stereocenters. The van der Waals surface area contributed by atoms with Crippen LogP contribution in [0.4, 0.5) is 8.78 Å². The van der Waals surface area contributed by atoms with Crippen LogP contribution in [0.25, 0.3) is 0 Å². The first-order valence-corrected chi connectivity index (χ1v) is 8.18. The number of rotatable bonds is 6. The van der Waals surface area contributed by atoms with Gasteiger partial charge in [0.25, 0.3) is 0 Å². The number of halogens is 2. The molecule has 1 heterocycles. The van der Waals surface area contributed by atoms with Gasteiger partial charge in [-0.3, -0.25) is 9.59 Å². The Morgan fingerprint density at radius 2 is 1.88 bits per heavy atom. The zero-order valence-electron chi connectivity index (χ0n) is 12.8. The lowest BCUT2D eigenvalue weighted by molar-refractivity contribution is -0.139. The van der Waals surface area contributed by atoms with Crippen molar-refractivity contribution in [2.45, 2.75) is 4.90 Å². The number of fused-ring (bicyclic) bond motifs is 1. The molecule has 2 aromatic rings. The Kier molecular flexibility index (Phi) is 5.18. The predicted molar refractivity (Wildman–Crippen MR) is 84.9 cm³/mol. The number of ketones is 1. The molecule has 25 heavy (non-hydrogen) atoms. The Balaban J connectivity index is 1.50. The highest BCUT2D eigenvalue weighted by molar-refractivity contribution is 8.00. The van der Waals surface area contributed by atoms with Gasteiger partial charge in [-0.05, 0) is 36.4 Å². The van der Waals surface area contributed by atoms with Crippen molar-refractivity contribution in [3.63, 3.8) is 0 Å². The maximum atomic E-state index is 13.4. The van der Waals surface area contributed by atoms with Crippen molar-refractivity contribution in [3.8, 4) is 11.5 Å². The highest BCUT2D eigenvalue weighted by Crippen LogP contribution is 2.32. The van der Waals surface area contributed by atoms with Crippen molar-refractivity contribution in [2.24, 2.45) is 0 Å². The second-order valence-corrected chi connectivity index (χ2v) is 6.03. The first-order valence-electron chi connectivity index (χ1n) is 7.19. The predicted octanol–water partition coefficient (Wildman–Crippen LogP) is 3.21. The molecular weight excluding hydrogens is 354 g/mol. The second-order valence-electron chi connectivity index (χ2n) is 5.02. The molecule has 3 rings (SSSR count). The fourth-order valence-electron chi connectivity index (χ4n) is 2.07. The van der Waals surface area contributed by atoms with Crippen LogP contribution in [-0.4, -0.2) is 30.9 Å². The standard InChI is InChI=1S/C17H12F2O5S/c18-11-2-3-12(19)16(6-11)25-8-17(21)22-7-13(20)10-1-4-14-15(5-10)24-9-23-14/h1-6H,7-9H2. The summed E-state index contributed by atoms with van der Waals surface area (Å²) in [7, 11) is 0. The number of hydrogen-bond acceptors (Lipinski definition) is 6. The largest absolute Gasteiger partial charge is 0.457 e. The second kappa shape index (κ2) is 7.52. The van der Waals surface area contributed by atoms with Crippen LogP contribution in [0.2, 0.25) is 0 Å². The van der Waals surface area contributed by atoms with E-state index in [0.29, 0.717) is 17.1 Å². The minimum Gasteiger partial charge on any atom is -0.457 e. The Bertz CT molecular complexity index is 825. The van der Waals surface area contributed by atoms with E-state index in [-0.39, 0.29) is 17.4 Å². The third kappa shape index (κ3) is 4.27. The van der Waals surface area contributed by atoms with Crippen molar-refractivity contribution in [1.29, 1.82) is 0 Å². The Labute approximate surface area is 145 Å². The summed E-state index contributed by atoms with van der Waals surface area (Å²) in [4.78, 5) is 23.7. The number of thioether (sulfide) groups is 1. The summed E-state index contributed by atoms with van der Waals surface area (Å²) in [6.45, 7) is -0.361. The minimum atomic E-state index is -0.706. The van der Waals surface area contributed by atoms with Crippen LogP contribution in [0.1, 0.15) is 10.4 Å². The molecule has 8 heteroatoms. The molecule has 0 aromatic heterocycles. The van der Waals surface area contributed by atoms with E-state index in [4.69, 9.17) is 14.2 Å². The van der Waals surface area contributed by atoms with Crippen LogP contribution in [0.15, 0.2) is 41.3 Å². The molecule has 0 saturated heterocycles. The van der Waals surface area contributed by atoms with E-state index >= 15 is 0 Å². The maximum absolute atomic E-state index is 13.4. The van der Waals surface area contributed by atoms with Crippen molar-refractivity contribution in [3.05, 3.63) is 53.6 Å². The van der Waals surface area contributed by atoms with E-state index in [1.807, 2.05) is 0 Å². The van der Waals surface area contributed by atoms with Crippen LogP contribution in [0, 0.1) is 11.6 Å². The molecule has 130 valence electrons. The van der Waals surface area contributed by atoms with E-state index in [1.165, 1.54) is 6.07 Å². The molecule has 2 aromatic carbocycles. The van der Waals surface area contributed by atoms with E-state index in [0.717, 1.165) is 30.0 Å². The molecule has 1 aliphatic heterocycles. The number of ether oxygens (including phenoxy) is 3. The molecule has 0 N–H and O–H groups in total. The number of hydrogen-bond donors (Lipinski definition) is 0. The van der Waals surface area contributed by atoms with Gasteiger partial charge in [0.05, 0.1) is 5.75 Å². The minimum absolute atomic E-state index is 0.000882. The average Bonchev–Trinajstić information content (AvgIpc) is 3.08. The third-order valence-electron chi connectivity index (χ3n) is 3.30. The van der Waals surface area contributed by atoms with E-state index in [9.17, 15) is 18.4 Å². The van der Waals surface area contributed by atoms with E-state index in [1.54, 1.807) is 12.1 Å². The van der Waals surface area contributed by atoms with Gasteiger partial charge in [0.2, 0.25) is 6.79 Å². The maximum Gasteiger partial charge on any atom is 0.316 e. The van der Waals surface area contributed by atoms with Gasteiger partial charge in [-0.1, -0.05) is 0 Å². The lowest BCUT2D eigenvalue weighted by Crippen LogP contribution is -2.15. The number of Topliss-reactive ketones (excluding diaryl/α,β-unsaturated/α-hetero) is 1. The van der Waals surface area contributed by atoms with Crippen LogP contribution in [0.3, 0.4) is 0 Å². The molecule has 5 nitrogen and oxygen atoms in total. The summed E-state index contributed by atoms with van der Waals surface area (Å²) in [5, 5.41) is 0. The van der Waals surface area contributed by atoms with Crippen LogP contribution >= 0.6 is 11.8 Å². The van der Waals surface area contributed by atoms with Gasteiger partial charge in [0, 0.05) is 10.5 Å². The lowest BCUT2D eigenvalue weighted by atomic mass is 10.1. The van der Waals surface area contributed by atoms with Gasteiger partial charge >= 0.3 is 5.97 Å². The van der Waals surface area contributed by atoms with Gasteiger partial charge in [0.15, 0.2) is 23.9 Å². The molecular formula is C17H12F2O5S. The lowest BCUT2D eigenvalue weighted by Gasteiger charge is -2.06. The molecule has 0 radical (unpaired) electrons. The van der Waals surface area contributed by atoms with Crippen molar-refractivity contribution in [1.82, 2.24) is 0 Å². The van der Waals surface area contributed by atoms with Crippen LogP contribution < -0.4 is 9.47 Å². The van der Waals surface area contributed by atoms with Gasteiger partial charge in [-0.25, -0.2) is 8.78 Å². The van der Waals surface area contributed by atoms with Gasteiger partial charge < -0.3 is 14.2 Å². The molecule has 1 aliphatic rings.